The zero-order chi connectivity index (χ0) is 32.8. The van der Waals surface area contributed by atoms with Crippen molar-refractivity contribution >= 4 is 17.8 Å². The van der Waals surface area contributed by atoms with Crippen LogP contribution < -0.4 is 16.0 Å². The zero-order valence-electron chi connectivity index (χ0n) is 29.6. The first-order valence-electron chi connectivity index (χ1n) is 18.8. The molecule has 4 aliphatic rings. The lowest BCUT2D eigenvalue weighted by molar-refractivity contribution is -0.138. The first kappa shape index (κ1) is 36.2. The fourth-order valence-electron chi connectivity index (χ4n) is 11.2. The molecule has 0 heterocycles. The van der Waals surface area contributed by atoms with Gasteiger partial charge in [-0.2, -0.15) is 0 Å². The number of hydrogen-bond donors (Lipinski definition) is 4. The van der Waals surface area contributed by atoms with E-state index in [2.05, 4.69) is 50.6 Å². The van der Waals surface area contributed by atoms with E-state index < -0.39 is 12.0 Å². The first-order chi connectivity index (χ1) is 21.4. The van der Waals surface area contributed by atoms with E-state index in [9.17, 15) is 14.4 Å². The van der Waals surface area contributed by atoms with E-state index in [0.29, 0.717) is 23.3 Å². The normalized spacial score (nSPS) is 35.5. The van der Waals surface area contributed by atoms with Gasteiger partial charge in [-0.05, 0) is 136 Å². The Morgan fingerprint density at radius 2 is 1.56 bits per heavy atom. The molecule has 0 radical (unpaired) electrons. The van der Waals surface area contributed by atoms with Crippen molar-refractivity contribution < 1.29 is 19.5 Å². The van der Waals surface area contributed by atoms with Crippen molar-refractivity contribution in [1.29, 1.82) is 0 Å². The Labute approximate surface area is 274 Å². The number of hydrogen-bond acceptors (Lipinski definition) is 4. The third-order valence-corrected chi connectivity index (χ3v) is 13.7. The fraction of sp³-hybridized carbons (Fsp3) is 0.921. The number of amides is 2. The van der Waals surface area contributed by atoms with E-state index in [4.69, 9.17) is 5.11 Å². The number of likely N-dealkylation sites (N-methyl/N-ethyl adjacent to an activating group) is 1. The largest absolute Gasteiger partial charge is 0.481 e. The minimum Gasteiger partial charge on any atom is -0.481 e. The van der Waals surface area contributed by atoms with Gasteiger partial charge in [-0.1, -0.05) is 53.9 Å². The summed E-state index contributed by atoms with van der Waals surface area (Å²) in [5.74, 6) is 4.78. The van der Waals surface area contributed by atoms with Crippen LogP contribution >= 0.6 is 0 Å². The first-order valence-corrected chi connectivity index (χ1v) is 18.8. The number of rotatable bonds is 16. The molecule has 0 saturated heterocycles. The monoisotopic (exact) mass is 630 g/mol. The van der Waals surface area contributed by atoms with Crippen LogP contribution in [-0.4, -0.2) is 48.6 Å². The van der Waals surface area contributed by atoms with Gasteiger partial charge in [-0.25, -0.2) is 0 Å². The van der Waals surface area contributed by atoms with Crippen LogP contribution in [0.5, 0.6) is 0 Å². The van der Waals surface area contributed by atoms with E-state index in [0.717, 1.165) is 60.8 Å². The van der Waals surface area contributed by atoms with Gasteiger partial charge < -0.3 is 21.1 Å². The second-order valence-corrected chi connectivity index (χ2v) is 16.7. The number of unbranched alkanes of at least 4 members (excludes halogenated alkanes) is 1. The molecule has 0 aromatic rings. The zero-order valence-corrected chi connectivity index (χ0v) is 29.6. The molecule has 4 fully saturated rings. The van der Waals surface area contributed by atoms with Gasteiger partial charge in [0, 0.05) is 25.9 Å². The summed E-state index contributed by atoms with van der Waals surface area (Å²) in [6, 6.07) is -0.210. The number of carbonyl (C=O) groups is 3. The second kappa shape index (κ2) is 16.0. The molecular formula is C38H67N3O4. The Kier molecular flexibility index (Phi) is 12.9. The SMILES string of the molecule is CNC(=O)[C@H](CCC(=O)O)NC(=O)CCCCN[C@H]1CCC2(C)C3CCC4(C)C([C@H](C)CCCC(C)C)CC[C@H]4[C@@H]3CC[C@H]2C1. The summed E-state index contributed by atoms with van der Waals surface area (Å²) >= 11 is 0. The van der Waals surface area contributed by atoms with Crippen LogP contribution in [0.2, 0.25) is 0 Å². The summed E-state index contributed by atoms with van der Waals surface area (Å²) in [6.45, 7) is 13.6. The van der Waals surface area contributed by atoms with Crippen LogP contribution in [0.1, 0.15) is 144 Å². The summed E-state index contributed by atoms with van der Waals surface area (Å²) in [5, 5.41) is 18.0. The lowest BCUT2D eigenvalue weighted by Gasteiger charge is -2.61. The van der Waals surface area contributed by atoms with Crippen LogP contribution in [0.4, 0.5) is 0 Å². The molecule has 4 unspecified atom stereocenters. The molecule has 4 rings (SSSR count). The van der Waals surface area contributed by atoms with Gasteiger partial charge in [0.2, 0.25) is 11.8 Å². The molecule has 10 atom stereocenters. The average Bonchev–Trinajstić information content (AvgIpc) is 3.35. The van der Waals surface area contributed by atoms with Crippen molar-refractivity contribution in [3.8, 4) is 0 Å². The minimum absolute atomic E-state index is 0.101. The Hall–Kier alpha value is -1.63. The molecule has 4 saturated carbocycles. The summed E-state index contributed by atoms with van der Waals surface area (Å²) < 4.78 is 0. The highest BCUT2D eigenvalue weighted by molar-refractivity contribution is 5.87. The van der Waals surface area contributed by atoms with Gasteiger partial charge in [0.15, 0.2) is 0 Å². The van der Waals surface area contributed by atoms with Crippen molar-refractivity contribution in [3.63, 3.8) is 0 Å². The van der Waals surface area contributed by atoms with Crippen LogP contribution in [0.25, 0.3) is 0 Å². The van der Waals surface area contributed by atoms with Crippen LogP contribution in [-0.2, 0) is 14.4 Å². The van der Waals surface area contributed by atoms with E-state index in [1.165, 1.54) is 84.1 Å². The quantitative estimate of drug-likeness (QED) is 0.134. The number of carboxylic acid groups (broad SMARTS) is 1. The van der Waals surface area contributed by atoms with E-state index >= 15 is 0 Å². The standard InChI is InChI=1S/C38H67N3O4/c1-25(2)10-9-11-26(3)30-15-16-31-29-14-13-27-24-28(19-21-37(27,4)32(29)20-22-38(30,31)5)40-23-8-7-12-34(42)41-33(36(45)39-6)17-18-35(43)44/h25-33,40H,7-24H2,1-6H3,(H,39,45)(H,41,42)(H,43,44)/t26-,27+,28+,29+,30?,31+,32?,33+,37?,38?/m1/s1. The average molecular weight is 630 g/mol. The molecule has 7 nitrogen and oxygen atoms in total. The smallest absolute Gasteiger partial charge is 0.303 e. The number of nitrogens with one attached hydrogen (secondary N) is 3. The molecular weight excluding hydrogens is 562 g/mol. The molecule has 2 amide bonds. The van der Waals surface area contributed by atoms with Crippen LogP contribution in [0.3, 0.4) is 0 Å². The van der Waals surface area contributed by atoms with E-state index in [1.807, 2.05) is 0 Å². The molecule has 0 aromatic heterocycles. The van der Waals surface area contributed by atoms with Gasteiger partial charge in [0.1, 0.15) is 6.04 Å². The van der Waals surface area contributed by atoms with Gasteiger partial charge in [-0.15, -0.1) is 0 Å². The maximum Gasteiger partial charge on any atom is 0.303 e. The highest BCUT2D eigenvalue weighted by Crippen LogP contribution is 2.68. The van der Waals surface area contributed by atoms with Crippen molar-refractivity contribution in [2.45, 2.75) is 156 Å². The third kappa shape index (κ3) is 8.65. The molecule has 45 heavy (non-hydrogen) atoms. The van der Waals surface area contributed by atoms with Crippen LogP contribution in [0.15, 0.2) is 0 Å². The van der Waals surface area contributed by atoms with Gasteiger partial charge in [-0.3, -0.25) is 14.4 Å². The van der Waals surface area contributed by atoms with Crippen LogP contribution in [0, 0.1) is 52.3 Å². The molecule has 258 valence electrons. The molecule has 0 aliphatic heterocycles. The maximum atomic E-state index is 12.4. The summed E-state index contributed by atoms with van der Waals surface area (Å²) in [7, 11) is 1.50. The third-order valence-electron chi connectivity index (χ3n) is 13.7. The Morgan fingerprint density at radius 3 is 2.27 bits per heavy atom. The predicted octanol–water partition coefficient (Wildman–Crippen LogP) is 7.33. The lowest BCUT2D eigenvalue weighted by atomic mass is 9.44. The number of carbonyl (C=O) groups excluding carboxylic acids is 2. The second-order valence-electron chi connectivity index (χ2n) is 16.7. The molecule has 4 N–H and O–H groups in total. The molecule has 7 heteroatoms. The van der Waals surface area contributed by atoms with Crippen molar-refractivity contribution in [2.75, 3.05) is 13.6 Å². The highest BCUT2D eigenvalue weighted by atomic mass is 16.4. The minimum atomic E-state index is -0.970. The van der Waals surface area contributed by atoms with E-state index in [-0.39, 0.29) is 24.7 Å². The molecule has 0 bridgehead atoms. The Balaban J connectivity index is 1.20. The lowest BCUT2D eigenvalue weighted by Crippen LogP contribution is -2.55. The predicted molar refractivity (Wildman–Crippen MR) is 182 cm³/mol. The summed E-state index contributed by atoms with van der Waals surface area (Å²) in [4.78, 5) is 35.4. The van der Waals surface area contributed by atoms with Gasteiger partial charge in [0.05, 0.1) is 0 Å². The van der Waals surface area contributed by atoms with Crippen molar-refractivity contribution in [1.82, 2.24) is 16.0 Å². The topological polar surface area (TPSA) is 108 Å². The number of fused-ring (bicyclic) bond motifs is 5. The fourth-order valence-corrected chi connectivity index (χ4v) is 11.2. The van der Waals surface area contributed by atoms with E-state index in [1.54, 1.807) is 0 Å². The Morgan fingerprint density at radius 1 is 0.822 bits per heavy atom. The summed E-state index contributed by atoms with van der Waals surface area (Å²) in [5.41, 5.74) is 1.07. The molecule has 0 spiro atoms. The van der Waals surface area contributed by atoms with Crippen molar-refractivity contribution in [2.24, 2.45) is 52.3 Å². The summed E-state index contributed by atoms with van der Waals surface area (Å²) in [6.07, 6.45) is 18.8. The van der Waals surface area contributed by atoms with Gasteiger partial charge in [0.25, 0.3) is 0 Å². The number of carboxylic acids is 1. The molecule has 0 aromatic carbocycles. The highest BCUT2D eigenvalue weighted by Gasteiger charge is 2.60. The Bertz CT molecular complexity index is 1000. The van der Waals surface area contributed by atoms with Gasteiger partial charge >= 0.3 is 5.97 Å². The van der Waals surface area contributed by atoms with Crippen molar-refractivity contribution in [3.05, 3.63) is 0 Å². The maximum absolute atomic E-state index is 12.4. The number of aliphatic carboxylic acids is 1. The molecule has 4 aliphatic carbocycles.